The third kappa shape index (κ3) is 4.52. The van der Waals surface area contributed by atoms with Crippen LogP contribution in [-0.2, 0) is 9.47 Å². The molecular formula is C20H20O5S. The van der Waals surface area contributed by atoms with E-state index in [0.717, 1.165) is 11.8 Å². The lowest BCUT2D eigenvalue weighted by Gasteiger charge is -2.37. The summed E-state index contributed by atoms with van der Waals surface area (Å²) in [7, 11) is 0. The van der Waals surface area contributed by atoms with Crippen molar-refractivity contribution in [2.45, 2.75) is 37.1 Å². The third-order valence-electron chi connectivity index (χ3n) is 4.16. The number of hydrogen-bond acceptors (Lipinski definition) is 6. The number of benzene rings is 2. The van der Waals surface area contributed by atoms with E-state index < -0.39 is 29.7 Å². The first-order chi connectivity index (χ1) is 12.5. The average molecular weight is 372 g/mol. The Morgan fingerprint density at radius 3 is 2.23 bits per heavy atom. The molecule has 3 rings (SSSR count). The van der Waals surface area contributed by atoms with Gasteiger partial charge in [0.2, 0.25) is 5.12 Å². The molecule has 1 fully saturated rings. The molecule has 0 saturated carbocycles. The van der Waals surface area contributed by atoms with Crippen LogP contribution in [0.5, 0.6) is 0 Å². The fraction of sp³-hybridized carbons (Fsp3) is 0.300. The number of aliphatic hydroxyl groups excluding tert-OH is 1. The van der Waals surface area contributed by atoms with Gasteiger partial charge in [0.1, 0.15) is 6.10 Å². The lowest BCUT2D eigenvalue weighted by molar-refractivity contribution is -0.180. The summed E-state index contributed by atoms with van der Waals surface area (Å²) in [5, 5.41) is 9.37. The molecule has 0 aliphatic carbocycles. The lowest BCUT2D eigenvalue weighted by Crippen LogP contribution is -2.47. The first kappa shape index (κ1) is 18.6. The average Bonchev–Trinajstić information content (AvgIpc) is 2.65. The van der Waals surface area contributed by atoms with Gasteiger partial charge in [-0.1, -0.05) is 60.3 Å². The Hall–Kier alpha value is -2.15. The minimum Gasteiger partial charge on any atom is -0.457 e. The number of esters is 1. The molecule has 0 amide bonds. The summed E-state index contributed by atoms with van der Waals surface area (Å²) in [6.07, 6.45) is -1.96. The zero-order valence-electron chi connectivity index (χ0n) is 14.3. The first-order valence-electron chi connectivity index (χ1n) is 8.40. The van der Waals surface area contributed by atoms with Crippen LogP contribution in [0.4, 0.5) is 0 Å². The maximum Gasteiger partial charge on any atom is 0.338 e. The number of ether oxygens (including phenoxy) is 2. The summed E-state index contributed by atoms with van der Waals surface area (Å²) >= 11 is 1.08. The number of rotatable bonds is 4. The molecule has 0 unspecified atom stereocenters. The van der Waals surface area contributed by atoms with E-state index >= 15 is 0 Å². The highest BCUT2D eigenvalue weighted by Crippen LogP contribution is 2.33. The maximum absolute atomic E-state index is 12.5. The smallest absolute Gasteiger partial charge is 0.338 e. The summed E-state index contributed by atoms with van der Waals surface area (Å²) in [6.45, 7) is 1.77. The van der Waals surface area contributed by atoms with Crippen LogP contribution in [0.2, 0.25) is 0 Å². The molecule has 2 aromatic carbocycles. The molecule has 136 valence electrons. The Morgan fingerprint density at radius 1 is 1.04 bits per heavy atom. The van der Waals surface area contributed by atoms with Crippen molar-refractivity contribution in [3.63, 3.8) is 0 Å². The van der Waals surface area contributed by atoms with Crippen LogP contribution in [0.15, 0.2) is 60.7 Å². The number of carbonyl (C=O) groups excluding carboxylic acids is 2. The SMILES string of the molecule is C[C@H]1O[C@H](O)C[C@H](OC(=O)c2ccccc2)[C@@H]1SC(=O)c1ccccc1. The highest BCUT2D eigenvalue weighted by molar-refractivity contribution is 8.14. The Labute approximate surface area is 156 Å². The summed E-state index contributed by atoms with van der Waals surface area (Å²) < 4.78 is 11.1. The molecule has 1 N–H and O–H groups in total. The van der Waals surface area contributed by atoms with Gasteiger partial charge < -0.3 is 14.6 Å². The second kappa shape index (κ2) is 8.49. The normalized spacial score (nSPS) is 25.5. The van der Waals surface area contributed by atoms with Crippen LogP contribution in [0.3, 0.4) is 0 Å². The molecule has 4 atom stereocenters. The van der Waals surface area contributed by atoms with Crippen molar-refractivity contribution in [3.8, 4) is 0 Å². The number of thioether (sulfide) groups is 1. The predicted octanol–water partition coefficient (Wildman–Crippen LogP) is 3.28. The predicted molar refractivity (Wildman–Crippen MR) is 99.0 cm³/mol. The van der Waals surface area contributed by atoms with Gasteiger partial charge in [0.25, 0.3) is 0 Å². The van der Waals surface area contributed by atoms with Crippen molar-refractivity contribution in [1.82, 2.24) is 0 Å². The second-order valence-electron chi connectivity index (χ2n) is 6.08. The van der Waals surface area contributed by atoms with Crippen LogP contribution >= 0.6 is 11.8 Å². The van der Waals surface area contributed by atoms with Gasteiger partial charge in [-0.3, -0.25) is 4.79 Å². The van der Waals surface area contributed by atoms with Crippen LogP contribution in [0.1, 0.15) is 34.1 Å². The Bertz CT molecular complexity index is 749. The molecule has 5 nitrogen and oxygen atoms in total. The molecule has 26 heavy (non-hydrogen) atoms. The third-order valence-corrected chi connectivity index (χ3v) is 5.56. The summed E-state index contributed by atoms with van der Waals surface area (Å²) in [5.41, 5.74) is 1.00. The van der Waals surface area contributed by atoms with E-state index in [1.807, 2.05) is 12.1 Å². The standard InChI is InChI=1S/C20H20O5S/c1-13-18(26-20(23)15-10-6-3-7-11-15)16(12-17(21)24-13)25-19(22)14-8-4-2-5-9-14/h2-11,13,16-18,21H,12H2,1H3/t13-,16+,17+,18-/m1/s1. The van der Waals surface area contributed by atoms with Crippen molar-refractivity contribution in [1.29, 1.82) is 0 Å². The fourth-order valence-corrected chi connectivity index (χ4v) is 3.94. The molecular weight excluding hydrogens is 352 g/mol. The molecule has 0 radical (unpaired) electrons. The summed E-state index contributed by atoms with van der Waals surface area (Å²) in [4.78, 5) is 24.9. The second-order valence-corrected chi connectivity index (χ2v) is 7.23. The number of hydrogen-bond donors (Lipinski definition) is 1. The quantitative estimate of drug-likeness (QED) is 0.831. The Morgan fingerprint density at radius 2 is 1.62 bits per heavy atom. The maximum atomic E-state index is 12.5. The summed E-state index contributed by atoms with van der Waals surface area (Å²) in [5.74, 6) is -0.477. The molecule has 0 spiro atoms. The molecule has 1 aliphatic rings. The van der Waals surface area contributed by atoms with Gasteiger partial charge in [-0.25, -0.2) is 4.79 Å². The van der Waals surface area contributed by atoms with Crippen LogP contribution < -0.4 is 0 Å². The van der Waals surface area contributed by atoms with Crippen molar-refractivity contribution >= 4 is 22.8 Å². The molecule has 1 saturated heterocycles. The van der Waals surface area contributed by atoms with Crippen LogP contribution in [0, 0.1) is 0 Å². The molecule has 0 bridgehead atoms. The van der Waals surface area contributed by atoms with E-state index in [9.17, 15) is 14.7 Å². The minimum atomic E-state index is -1.03. The van der Waals surface area contributed by atoms with E-state index in [2.05, 4.69) is 0 Å². The topological polar surface area (TPSA) is 72.8 Å². The molecule has 1 aliphatic heterocycles. The number of carbonyl (C=O) groups is 2. The van der Waals surface area contributed by atoms with Crippen molar-refractivity contribution in [2.75, 3.05) is 0 Å². The fourth-order valence-electron chi connectivity index (χ4n) is 2.85. The summed E-state index contributed by atoms with van der Waals surface area (Å²) in [6, 6.07) is 17.6. The van der Waals surface area contributed by atoms with Gasteiger partial charge in [0.15, 0.2) is 6.29 Å². The van der Waals surface area contributed by atoms with Gasteiger partial charge >= 0.3 is 5.97 Å². The van der Waals surface area contributed by atoms with E-state index in [0.29, 0.717) is 11.1 Å². The Kier molecular flexibility index (Phi) is 6.08. The first-order valence-corrected chi connectivity index (χ1v) is 9.28. The number of aliphatic hydroxyl groups is 1. The highest BCUT2D eigenvalue weighted by Gasteiger charge is 2.40. The van der Waals surface area contributed by atoms with Crippen LogP contribution in [0.25, 0.3) is 0 Å². The van der Waals surface area contributed by atoms with Gasteiger partial charge in [-0.05, 0) is 19.1 Å². The lowest BCUT2D eigenvalue weighted by atomic mass is 10.1. The zero-order chi connectivity index (χ0) is 18.5. The van der Waals surface area contributed by atoms with E-state index in [-0.39, 0.29) is 11.5 Å². The van der Waals surface area contributed by atoms with Crippen molar-refractivity contribution in [2.24, 2.45) is 0 Å². The van der Waals surface area contributed by atoms with Gasteiger partial charge in [-0.15, -0.1) is 0 Å². The zero-order valence-corrected chi connectivity index (χ0v) is 15.1. The highest BCUT2D eigenvalue weighted by atomic mass is 32.2. The van der Waals surface area contributed by atoms with Gasteiger partial charge in [0.05, 0.1) is 16.9 Å². The molecule has 0 aromatic heterocycles. The van der Waals surface area contributed by atoms with E-state index in [1.165, 1.54) is 0 Å². The van der Waals surface area contributed by atoms with Crippen LogP contribution in [-0.4, -0.2) is 39.9 Å². The minimum absolute atomic E-state index is 0.122. The largest absolute Gasteiger partial charge is 0.457 e. The molecule has 1 heterocycles. The molecule has 2 aromatic rings. The van der Waals surface area contributed by atoms with Gasteiger partial charge in [0, 0.05) is 12.0 Å². The van der Waals surface area contributed by atoms with Gasteiger partial charge in [-0.2, -0.15) is 0 Å². The Balaban J connectivity index is 1.74. The van der Waals surface area contributed by atoms with E-state index in [1.54, 1.807) is 55.5 Å². The van der Waals surface area contributed by atoms with Crippen molar-refractivity contribution < 1.29 is 24.2 Å². The monoisotopic (exact) mass is 372 g/mol. The van der Waals surface area contributed by atoms with E-state index in [4.69, 9.17) is 9.47 Å². The molecule has 6 heteroatoms. The van der Waals surface area contributed by atoms with Crippen molar-refractivity contribution in [3.05, 3.63) is 71.8 Å².